The highest BCUT2D eigenvalue weighted by atomic mass is 16.5. The molecule has 0 heterocycles. The first-order chi connectivity index (χ1) is 13.1. The van der Waals surface area contributed by atoms with Gasteiger partial charge in [-0.1, -0.05) is 50.1 Å². The van der Waals surface area contributed by atoms with E-state index in [9.17, 15) is 4.79 Å². The SMILES string of the molecule is CC.COc1ccc(C)cc1.COc1ccc(CC2CCCCC2=O)cc1. The molecule has 3 heteroatoms. The van der Waals surface area contributed by atoms with Gasteiger partial charge in [0.15, 0.2) is 0 Å². The average Bonchev–Trinajstić information content (AvgIpc) is 2.73. The fourth-order valence-electron chi connectivity index (χ4n) is 2.99. The number of aryl methyl sites for hydroxylation is 1. The summed E-state index contributed by atoms with van der Waals surface area (Å²) in [6, 6.07) is 16.0. The van der Waals surface area contributed by atoms with Gasteiger partial charge in [-0.15, -0.1) is 0 Å². The Kier molecular flexibility index (Phi) is 10.9. The molecular weight excluding hydrogens is 336 g/mol. The van der Waals surface area contributed by atoms with Crippen LogP contribution >= 0.6 is 0 Å². The summed E-state index contributed by atoms with van der Waals surface area (Å²) in [5.74, 6) is 2.49. The molecule has 3 nitrogen and oxygen atoms in total. The van der Waals surface area contributed by atoms with Crippen molar-refractivity contribution in [1.29, 1.82) is 0 Å². The minimum atomic E-state index is 0.252. The van der Waals surface area contributed by atoms with E-state index in [0.29, 0.717) is 5.78 Å². The Labute approximate surface area is 164 Å². The van der Waals surface area contributed by atoms with Crippen molar-refractivity contribution >= 4 is 5.78 Å². The predicted octanol–water partition coefficient (Wildman–Crippen LogP) is 6.03. The average molecular weight is 371 g/mol. The fourth-order valence-corrected chi connectivity index (χ4v) is 2.99. The van der Waals surface area contributed by atoms with Crippen LogP contribution < -0.4 is 9.47 Å². The molecule has 27 heavy (non-hydrogen) atoms. The molecule has 0 spiro atoms. The second kappa shape index (κ2) is 13.0. The van der Waals surface area contributed by atoms with Gasteiger partial charge in [0.2, 0.25) is 0 Å². The van der Waals surface area contributed by atoms with Crippen molar-refractivity contribution in [3.8, 4) is 11.5 Å². The maximum Gasteiger partial charge on any atom is 0.136 e. The van der Waals surface area contributed by atoms with Crippen molar-refractivity contribution in [2.45, 2.75) is 52.9 Å². The van der Waals surface area contributed by atoms with Crippen LogP contribution in [0.1, 0.15) is 50.7 Å². The van der Waals surface area contributed by atoms with Crippen molar-refractivity contribution in [3.05, 3.63) is 59.7 Å². The molecule has 0 aromatic heterocycles. The zero-order valence-corrected chi connectivity index (χ0v) is 17.5. The lowest BCUT2D eigenvalue weighted by molar-refractivity contribution is -0.124. The Bertz CT molecular complexity index is 644. The van der Waals surface area contributed by atoms with Gasteiger partial charge < -0.3 is 9.47 Å². The summed E-state index contributed by atoms with van der Waals surface area (Å²) < 4.78 is 10.1. The zero-order chi connectivity index (χ0) is 20.1. The molecule has 1 atom stereocenters. The van der Waals surface area contributed by atoms with E-state index in [0.717, 1.165) is 37.2 Å². The largest absolute Gasteiger partial charge is 0.497 e. The lowest BCUT2D eigenvalue weighted by Gasteiger charge is -2.20. The minimum absolute atomic E-state index is 0.252. The van der Waals surface area contributed by atoms with E-state index in [1.165, 1.54) is 17.5 Å². The second-order valence-corrected chi connectivity index (χ2v) is 6.48. The first kappa shape index (κ1) is 22.8. The number of ether oxygens (including phenoxy) is 2. The van der Waals surface area contributed by atoms with Crippen LogP contribution in [0.3, 0.4) is 0 Å². The van der Waals surface area contributed by atoms with Crippen LogP contribution in [-0.2, 0) is 11.2 Å². The third-order valence-corrected chi connectivity index (χ3v) is 4.58. The number of ketones is 1. The number of methoxy groups -OCH3 is 2. The molecule has 0 N–H and O–H groups in total. The normalized spacial score (nSPS) is 15.6. The third-order valence-electron chi connectivity index (χ3n) is 4.58. The first-order valence-electron chi connectivity index (χ1n) is 9.88. The van der Waals surface area contributed by atoms with Crippen molar-refractivity contribution in [2.75, 3.05) is 14.2 Å². The molecule has 1 aliphatic rings. The summed E-state index contributed by atoms with van der Waals surface area (Å²) in [5.41, 5.74) is 2.50. The highest BCUT2D eigenvalue weighted by molar-refractivity contribution is 5.81. The van der Waals surface area contributed by atoms with E-state index >= 15 is 0 Å². The molecule has 2 aromatic rings. The highest BCUT2D eigenvalue weighted by Gasteiger charge is 2.22. The smallest absolute Gasteiger partial charge is 0.136 e. The van der Waals surface area contributed by atoms with Gasteiger partial charge in [-0.25, -0.2) is 0 Å². The molecule has 1 saturated carbocycles. The monoisotopic (exact) mass is 370 g/mol. The molecule has 0 radical (unpaired) electrons. The summed E-state index contributed by atoms with van der Waals surface area (Å²) in [6.07, 6.45) is 5.01. The quantitative estimate of drug-likeness (QED) is 0.659. The molecule has 0 bridgehead atoms. The Balaban J connectivity index is 0.000000282. The van der Waals surface area contributed by atoms with Crippen molar-refractivity contribution < 1.29 is 14.3 Å². The molecule has 1 unspecified atom stereocenters. The molecule has 0 amide bonds. The molecule has 148 valence electrons. The van der Waals surface area contributed by atoms with E-state index < -0.39 is 0 Å². The number of hydrogen-bond acceptors (Lipinski definition) is 3. The molecule has 1 aliphatic carbocycles. The minimum Gasteiger partial charge on any atom is -0.497 e. The van der Waals surface area contributed by atoms with E-state index in [2.05, 4.69) is 19.1 Å². The summed E-state index contributed by atoms with van der Waals surface area (Å²) in [5, 5.41) is 0. The van der Waals surface area contributed by atoms with Gasteiger partial charge in [0.05, 0.1) is 14.2 Å². The van der Waals surface area contributed by atoms with Gasteiger partial charge in [-0.2, -0.15) is 0 Å². The molecule has 2 aromatic carbocycles. The van der Waals surface area contributed by atoms with E-state index in [1.807, 2.05) is 50.2 Å². The maximum atomic E-state index is 11.7. The summed E-state index contributed by atoms with van der Waals surface area (Å²) >= 11 is 0. The summed E-state index contributed by atoms with van der Waals surface area (Å²) in [7, 11) is 3.34. The van der Waals surface area contributed by atoms with Gasteiger partial charge in [-0.3, -0.25) is 4.79 Å². The molecule has 0 saturated heterocycles. The number of hydrogen-bond donors (Lipinski definition) is 0. The van der Waals surface area contributed by atoms with Crippen LogP contribution in [0, 0.1) is 12.8 Å². The Morgan fingerprint density at radius 3 is 1.85 bits per heavy atom. The first-order valence-corrected chi connectivity index (χ1v) is 9.88. The predicted molar refractivity (Wildman–Crippen MR) is 113 cm³/mol. The van der Waals surface area contributed by atoms with Crippen LogP contribution in [0.25, 0.3) is 0 Å². The number of Topliss-reactive ketones (excluding diaryl/α,β-unsaturated/α-hetero) is 1. The number of carbonyl (C=O) groups excluding carboxylic acids is 1. The van der Waals surface area contributed by atoms with Gasteiger partial charge in [0, 0.05) is 12.3 Å². The third kappa shape index (κ3) is 8.29. The zero-order valence-electron chi connectivity index (χ0n) is 17.5. The topological polar surface area (TPSA) is 35.5 Å². The molecule has 3 rings (SSSR count). The Morgan fingerprint density at radius 2 is 1.37 bits per heavy atom. The van der Waals surface area contributed by atoms with Crippen LogP contribution in [0.5, 0.6) is 11.5 Å². The van der Waals surface area contributed by atoms with Crippen molar-refractivity contribution in [2.24, 2.45) is 5.92 Å². The summed E-state index contributed by atoms with van der Waals surface area (Å²) in [6.45, 7) is 6.06. The lowest BCUT2D eigenvalue weighted by atomic mass is 9.84. The second-order valence-electron chi connectivity index (χ2n) is 6.48. The molecule has 1 fully saturated rings. The Morgan fingerprint density at radius 1 is 0.852 bits per heavy atom. The van der Waals surface area contributed by atoms with Crippen molar-refractivity contribution in [1.82, 2.24) is 0 Å². The van der Waals surface area contributed by atoms with Crippen LogP contribution in [-0.4, -0.2) is 20.0 Å². The Hall–Kier alpha value is -2.29. The van der Waals surface area contributed by atoms with Gasteiger partial charge in [-0.05, 0) is 56.0 Å². The van der Waals surface area contributed by atoms with E-state index in [4.69, 9.17) is 9.47 Å². The van der Waals surface area contributed by atoms with E-state index in [-0.39, 0.29) is 5.92 Å². The fraction of sp³-hybridized carbons (Fsp3) is 0.458. The lowest BCUT2D eigenvalue weighted by Crippen LogP contribution is -2.20. The molecular formula is C24H34O3. The van der Waals surface area contributed by atoms with Crippen LogP contribution in [0.2, 0.25) is 0 Å². The van der Waals surface area contributed by atoms with E-state index in [1.54, 1.807) is 14.2 Å². The van der Waals surface area contributed by atoms with Gasteiger partial charge in [0.25, 0.3) is 0 Å². The number of rotatable bonds is 4. The summed E-state index contributed by atoms with van der Waals surface area (Å²) in [4.78, 5) is 11.7. The van der Waals surface area contributed by atoms with Gasteiger partial charge >= 0.3 is 0 Å². The number of carbonyl (C=O) groups is 1. The van der Waals surface area contributed by atoms with Gasteiger partial charge in [0.1, 0.15) is 17.3 Å². The number of benzene rings is 2. The molecule has 0 aliphatic heterocycles. The van der Waals surface area contributed by atoms with Crippen LogP contribution in [0.15, 0.2) is 48.5 Å². The van der Waals surface area contributed by atoms with Crippen molar-refractivity contribution in [3.63, 3.8) is 0 Å². The van der Waals surface area contributed by atoms with Crippen LogP contribution in [0.4, 0.5) is 0 Å². The highest BCUT2D eigenvalue weighted by Crippen LogP contribution is 2.24. The maximum absolute atomic E-state index is 11.7. The standard InChI is InChI=1S/C14H18O2.C8H10O.C2H6/c1-16-13-8-6-11(7-9-13)10-12-4-2-3-5-14(12)15;1-7-3-5-8(9-2)6-4-7;1-2/h6-9,12H,2-5,10H2,1H3;3-6H,1-2H3;1-2H3.